The molecule has 0 atom stereocenters. The monoisotopic (exact) mass is 263 g/mol. The third-order valence-corrected chi connectivity index (χ3v) is 3.45. The lowest BCUT2D eigenvalue weighted by Crippen LogP contribution is -2.24. The molecule has 1 aliphatic rings. The first-order valence-corrected chi connectivity index (χ1v) is 6.30. The predicted octanol–water partition coefficient (Wildman–Crippen LogP) is 0.935. The largest absolute Gasteiger partial charge is 0.346 e. The van der Waals surface area contributed by atoms with Crippen LogP contribution in [0.3, 0.4) is 0 Å². The molecular formula is C7H10BrN3OS. The molecule has 0 amide bonds. The van der Waals surface area contributed by atoms with Crippen molar-refractivity contribution in [1.82, 2.24) is 14.3 Å². The molecule has 6 heteroatoms. The highest BCUT2D eigenvalue weighted by molar-refractivity contribution is 9.09. The quantitative estimate of drug-likeness (QED) is 0.763. The van der Waals surface area contributed by atoms with Gasteiger partial charge in [-0.1, -0.05) is 27.7 Å². The second-order valence-electron chi connectivity index (χ2n) is 2.83. The zero-order valence-electron chi connectivity index (χ0n) is 7.07. The van der Waals surface area contributed by atoms with E-state index in [0.717, 1.165) is 29.2 Å². The van der Waals surface area contributed by atoms with Crippen molar-refractivity contribution in [2.75, 3.05) is 11.1 Å². The Bertz CT molecular complexity index is 359. The minimum atomic E-state index is 0.0425. The molecule has 0 unspecified atom stereocenters. The van der Waals surface area contributed by atoms with E-state index in [9.17, 15) is 4.79 Å². The van der Waals surface area contributed by atoms with Crippen molar-refractivity contribution in [3.8, 4) is 0 Å². The van der Waals surface area contributed by atoms with Crippen molar-refractivity contribution in [3.63, 3.8) is 0 Å². The molecule has 1 aliphatic heterocycles. The lowest BCUT2D eigenvalue weighted by atomic mass is 10.5. The maximum atomic E-state index is 11.6. The van der Waals surface area contributed by atoms with E-state index in [2.05, 4.69) is 21.0 Å². The van der Waals surface area contributed by atoms with Gasteiger partial charge in [0.15, 0.2) is 5.16 Å². The minimum Gasteiger partial charge on any atom is -0.269 e. The van der Waals surface area contributed by atoms with Crippen LogP contribution in [0.15, 0.2) is 9.95 Å². The number of halogens is 1. The Balaban J connectivity index is 2.24. The maximum absolute atomic E-state index is 11.6. The number of aryl methyl sites for hydroxylation is 1. The van der Waals surface area contributed by atoms with Crippen LogP contribution in [-0.4, -0.2) is 25.4 Å². The smallest absolute Gasteiger partial charge is 0.269 e. The van der Waals surface area contributed by atoms with Crippen molar-refractivity contribution in [2.45, 2.75) is 24.7 Å². The molecule has 0 saturated heterocycles. The standard InChI is InChI=1S/C7H10BrN3OS/c8-2-1-3-11-7(12)10-4-5-13-6(10)9-11/h1-5H2. The fourth-order valence-corrected chi connectivity index (χ4v) is 2.49. The first-order chi connectivity index (χ1) is 6.33. The Hall–Kier alpha value is -0.230. The molecule has 0 aliphatic carbocycles. The van der Waals surface area contributed by atoms with Crippen LogP contribution in [-0.2, 0) is 13.1 Å². The van der Waals surface area contributed by atoms with Gasteiger partial charge in [0, 0.05) is 24.2 Å². The van der Waals surface area contributed by atoms with Crippen molar-refractivity contribution in [2.24, 2.45) is 0 Å². The van der Waals surface area contributed by atoms with Gasteiger partial charge in [0.2, 0.25) is 0 Å². The van der Waals surface area contributed by atoms with E-state index in [1.165, 1.54) is 0 Å². The van der Waals surface area contributed by atoms with Crippen LogP contribution in [0.5, 0.6) is 0 Å². The van der Waals surface area contributed by atoms with Crippen LogP contribution < -0.4 is 5.69 Å². The lowest BCUT2D eigenvalue weighted by molar-refractivity contribution is 0.570. The summed E-state index contributed by atoms with van der Waals surface area (Å²) in [6.45, 7) is 1.53. The van der Waals surface area contributed by atoms with E-state index < -0.39 is 0 Å². The Morgan fingerprint density at radius 1 is 1.62 bits per heavy atom. The van der Waals surface area contributed by atoms with Crippen LogP contribution in [0.4, 0.5) is 0 Å². The van der Waals surface area contributed by atoms with Gasteiger partial charge in [0.05, 0.1) is 0 Å². The molecule has 0 radical (unpaired) electrons. The lowest BCUT2D eigenvalue weighted by Gasteiger charge is -1.95. The molecule has 1 aromatic rings. The first kappa shape index (κ1) is 9.33. The summed E-state index contributed by atoms with van der Waals surface area (Å²) in [4.78, 5) is 11.6. The van der Waals surface area contributed by atoms with Gasteiger partial charge in [-0.3, -0.25) is 4.57 Å². The molecule has 2 heterocycles. The van der Waals surface area contributed by atoms with E-state index in [1.807, 2.05) is 0 Å². The van der Waals surface area contributed by atoms with Crippen molar-refractivity contribution < 1.29 is 0 Å². The number of hydrogen-bond donors (Lipinski definition) is 0. The molecule has 2 rings (SSSR count). The van der Waals surface area contributed by atoms with Gasteiger partial charge in [-0.05, 0) is 6.42 Å². The van der Waals surface area contributed by atoms with Gasteiger partial charge < -0.3 is 0 Å². The zero-order chi connectivity index (χ0) is 9.26. The van der Waals surface area contributed by atoms with Crippen molar-refractivity contribution >= 4 is 27.7 Å². The molecule has 72 valence electrons. The molecule has 0 fully saturated rings. The zero-order valence-corrected chi connectivity index (χ0v) is 9.47. The fraction of sp³-hybridized carbons (Fsp3) is 0.714. The van der Waals surface area contributed by atoms with E-state index in [4.69, 9.17) is 0 Å². The molecule has 13 heavy (non-hydrogen) atoms. The predicted molar refractivity (Wildman–Crippen MR) is 55.6 cm³/mol. The number of rotatable bonds is 3. The second kappa shape index (κ2) is 3.88. The highest BCUT2D eigenvalue weighted by atomic mass is 79.9. The topological polar surface area (TPSA) is 39.8 Å². The Morgan fingerprint density at radius 3 is 3.15 bits per heavy atom. The van der Waals surface area contributed by atoms with Crippen LogP contribution in [0.1, 0.15) is 6.42 Å². The number of fused-ring (bicyclic) bond motifs is 1. The Kier molecular flexibility index (Phi) is 2.78. The third-order valence-electron chi connectivity index (χ3n) is 1.94. The number of hydrogen-bond acceptors (Lipinski definition) is 3. The van der Waals surface area contributed by atoms with E-state index in [0.29, 0.717) is 6.54 Å². The molecule has 1 aromatic heterocycles. The summed E-state index contributed by atoms with van der Waals surface area (Å²) in [7, 11) is 0. The van der Waals surface area contributed by atoms with Crippen LogP contribution in [0.2, 0.25) is 0 Å². The van der Waals surface area contributed by atoms with Gasteiger partial charge in [0.1, 0.15) is 0 Å². The van der Waals surface area contributed by atoms with E-state index >= 15 is 0 Å². The maximum Gasteiger partial charge on any atom is 0.346 e. The van der Waals surface area contributed by atoms with E-state index in [1.54, 1.807) is 21.0 Å². The normalized spacial score (nSPS) is 14.8. The van der Waals surface area contributed by atoms with Gasteiger partial charge in [-0.25, -0.2) is 9.48 Å². The minimum absolute atomic E-state index is 0.0425. The molecule has 0 aromatic carbocycles. The number of nitrogens with zero attached hydrogens (tertiary/aromatic N) is 3. The van der Waals surface area contributed by atoms with Crippen molar-refractivity contribution in [3.05, 3.63) is 10.5 Å². The Morgan fingerprint density at radius 2 is 2.46 bits per heavy atom. The molecule has 0 N–H and O–H groups in total. The van der Waals surface area contributed by atoms with Crippen LogP contribution in [0, 0.1) is 0 Å². The van der Waals surface area contributed by atoms with E-state index in [-0.39, 0.29) is 5.69 Å². The third kappa shape index (κ3) is 1.69. The van der Waals surface area contributed by atoms with Gasteiger partial charge in [-0.15, -0.1) is 5.10 Å². The molecule has 0 spiro atoms. The summed E-state index contributed by atoms with van der Waals surface area (Å²) in [5, 5.41) is 6.02. The summed E-state index contributed by atoms with van der Waals surface area (Å²) in [6.07, 6.45) is 0.945. The second-order valence-corrected chi connectivity index (χ2v) is 4.69. The molecular weight excluding hydrogens is 254 g/mol. The molecule has 0 saturated carbocycles. The van der Waals surface area contributed by atoms with Crippen molar-refractivity contribution in [1.29, 1.82) is 0 Å². The highest BCUT2D eigenvalue weighted by Crippen LogP contribution is 2.20. The first-order valence-electron chi connectivity index (χ1n) is 4.19. The summed E-state index contributed by atoms with van der Waals surface area (Å²) in [5.41, 5.74) is 0.0425. The summed E-state index contributed by atoms with van der Waals surface area (Å²) in [5.74, 6) is 0.983. The highest BCUT2D eigenvalue weighted by Gasteiger charge is 2.18. The number of alkyl halides is 1. The van der Waals surface area contributed by atoms with Crippen LogP contribution in [0.25, 0.3) is 0 Å². The van der Waals surface area contributed by atoms with Gasteiger partial charge >= 0.3 is 5.69 Å². The summed E-state index contributed by atoms with van der Waals surface area (Å²) >= 11 is 4.99. The van der Waals surface area contributed by atoms with Gasteiger partial charge in [-0.2, -0.15) is 0 Å². The summed E-state index contributed by atoms with van der Waals surface area (Å²) in [6, 6.07) is 0. The number of thioether (sulfide) groups is 1. The fourth-order valence-electron chi connectivity index (χ4n) is 1.30. The SMILES string of the molecule is O=c1n(CCCBr)nc2n1CCS2. The molecule has 4 nitrogen and oxygen atoms in total. The summed E-state index contributed by atoms with van der Waals surface area (Å²) < 4.78 is 3.31. The van der Waals surface area contributed by atoms with Crippen LogP contribution >= 0.6 is 27.7 Å². The number of aromatic nitrogens is 3. The molecule has 0 bridgehead atoms. The Labute approximate surface area is 88.4 Å². The average molecular weight is 264 g/mol. The van der Waals surface area contributed by atoms with Gasteiger partial charge in [0.25, 0.3) is 0 Å². The average Bonchev–Trinajstić information content (AvgIpc) is 2.67.